The summed E-state index contributed by atoms with van der Waals surface area (Å²) in [4.78, 5) is 11.2. The van der Waals surface area contributed by atoms with E-state index in [1.165, 1.54) is 18.0 Å². The average molecular weight is 297 g/mol. The molecule has 0 fully saturated rings. The van der Waals surface area contributed by atoms with E-state index in [-0.39, 0.29) is 5.75 Å². The van der Waals surface area contributed by atoms with Gasteiger partial charge in [-0.15, -0.1) is 0 Å². The molecule has 1 unspecified atom stereocenters. The van der Waals surface area contributed by atoms with Gasteiger partial charge in [0.25, 0.3) is 0 Å². The van der Waals surface area contributed by atoms with Crippen LogP contribution in [0.2, 0.25) is 0 Å². The standard InChI is InChI=1S/C11H23NO4S2/c1-4-6-12-11(2,10(13)14)5-7-17-8-9-18(3,15)16/h12H,4-9H2,1-3H3,(H,13,14). The van der Waals surface area contributed by atoms with Gasteiger partial charge in [-0.2, -0.15) is 11.8 Å². The van der Waals surface area contributed by atoms with Crippen LogP contribution in [-0.4, -0.2) is 55.1 Å². The molecule has 0 amide bonds. The van der Waals surface area contributed by atoms with Gasteiger partial charge in [-0.05, 0) is 32.1 Å². The van der Waals surface area contributed by atoms with E-state index >= 15 is 0 Å². The van der Waals surface area contributed by atoms with Gasteiger partial charge >= 0.3 is 5.97 Å². The number of carbonyl (C=O) groups is 1. The van der Waals surface area contributed by atoms with Crippen molar-refractivity contribution in [2.24, 2.45) is 0 Å². The van der Waals surface area contributed by atoms with Crippen LogP contribution >= 0.6 is 11.8 Å². The van der Waals surface area contributed by atoms with E-state index in [0.717, 1.165) is 6.42 Å². The fraction of sp³-hybridized carbons (Fsp3) is 0.909. The lowest BCUT2D eigenvalue weighted by atomic mass is 9.99. The number of sulfone groups is 1. The normalized spacial score (nSPS) is 15.3. The molecule has 1 atom stereocenters. The van der Waals surface area contributed by atoms with Gasteiger partial charge in [0, 0.05) is 12.0 Å². The molecule has 18 heavy (non-hydrogen) atoms. The number of rotatable bonds is 10. The number of carboxylic acid groups (broad SMARTS) is 1. The Morgan fingerprint density at radius 1 is 1.39 bits per heavy atom. The van der Waals surface area contributed by atoms with Crippen LogP contribution in [0, 0.1) is 0 Å². The predicted molar refractivity (Wildman–Crippen MR) is 76.0 cm³/mol. The van der Waals surface area contributed by atoms with Crippen molar-refractivity contribution in [1.29, 1.82) is 0 Å². The largest absolute Gasteiger partial charge is 0.480 e. The topological polar surface area (TPSA) is 83.5 Å². The number of aliphatic carboxylic acids is 1. The molecule has 0 aromatic carbocycles. The zero-order valence-corrected chi connectivity index (χ0v) is 12.9. The van der Waals surface area contributed by atoms with E-state index in [2.05, 4.69) is 5.32 Å². The minimum Gasteiger partial charge on any atom is -0.480 e. The van der Waals surface area contributed by atoms with Crippen LogP contribution in [0.5, 0.6) is 0 Å². The summed E-state index contributed by atoms with van der Waals surface area (Å²) >= 11 is 1.48. The summed E-state index contributed by atoms with van der Waals surface area (Å²) in [5.41, 5.74) is -0.923. The molecular formula is C11H23NO4S2. The molecule has 5 nitrogen and oxygen atoms in total. The van der Waals surface area contributed by atoms with E-state index in [0.29, 0.717) is 24.5 Å². The van der Waals surface area contributed by atoms with Gasteiger partial charge in [0.15, 0.2) is 0 Å². The number of nitrogens with one attached hydrogen (secondary N) is 1. The lowest BCUT2D eigenvalue weighted by Crippen LogP contribution is -2.50. The molecular weight excluding hydrogens is 274 g/mol. The quantitative estimate of drug-likeness (QED) is 0.585. The highest BCUT2D eigenvalue weighted by molar-refractivity contribution is 8.00. The summed E-state index contributed by atoms with van der Waals surface area (Å²) in [6, 6.07) is 0. The molecule has 0 heterocycles. The van der Waals surface area contributed by atoms with Crippen LogP contribution in [0.25, 0.3) is 0 Å². The van der Waals surface area contributed by atoms with Crippen LogP contribution in [0.1, 0.15) is 26.7 Å². The van der Waals surface area contributed by atoms with Crippen molar-refractivity contribution in [3.05, 3.63) is 0 Å². The van der Waals surface area contributed by atoms with Gasteiger partial charge in [0.1, 0.15) is 15.4 Å². The van der Waals surface area contributed by atoms with E-state index < -0.39 is 21.3 Å². The fourth-order valence-corrected chi connectivity index (χ4v) is 3.70. The Hall–Kier alpha value is -0.270. The summed E-state index contributed by atoms with van der Waals surface area (Å²) in [6.45, 7) is 4.31. The number of hydrogen-bond acceptors (Lipinski definition) is 5. The van der Waals surface area contributed by atoms with Crippen LogP contribution in [0.4, 0.5) is 0 Å². The molecule has 7 heteroatoms. The smallest absolute Gasteiger partial charge is 0.323 e. The second-order valence-corrected chi connectivity index (χ2v) is 8.04. The maximum Gasteiger partial charge on any atom is 0.323 e. The second-order valence-electron chi connectivity index (χ2n) is 4.56. The van der Waals surface area contributed by atoms with Gasteiger partial charge in [-0.3, -0.25) is 4.79 Å². The van der Waals surface area contributed by atoms with E-state index in [1.807, 2.05) is 6.92 Å². The van der Waals surface area contributed by atoms with Crippen LogP contribution < -0.4 is 5.32 Å². The van der Waals surface area contributed by atoms with E-state index in [9.17, 15) is 18.3 Å². The Bertz CT molecular complexity index is 356. The Kier molecular flexibility index (Phi) is 7.89. The molecule has 108 valence electrons. The van der Waals surface area contributed by atoms with Crippen molar-refractivity contribution in [1.82, 2.24) is 5.32 Å². The Labute approximate surface area is 114 Å². The summed E-state index contributed by atoms with van der Waals surface area (Å²) in [6.07, 6.45) is 2.57. The zero-order valence-electron chi connectivity index (χ0n) is 11.2. The monoisotopic (exact) mass is 297 g/mol. The Morgan fingerprint density at radius 3 is 2.44 bits per heavy atom. The lowest BCUT2D eigenvalue weighted by Gasteiger charge is -2.26. The summed E-state index contributed by atoms with van der Waals surface area (Å²) in [5, 5.41) is 12.2. The first-order valence-corrected chi connectivity index (χ1v) is 9.16. The minimum absolute atomic E-state index is 0.143. The Morgan fingerprint density at radius 2 is 2.00 bits per heavy atom. The summed E-state index contributed by atoms with van der Waals surface area (Å²) < 4.78 is 21.8. The molecule has 0 aliphatic carbocycles. The molecule has 0 spiro atoms. The third-order valence-corrected chi connectivity index (χ3v) is 4.77. The van der Waals surface area contributed by atoms with Gasteiger partial charge in [-0.25, -0.2) is 8.42 Å². The molecule has 0 saturated heterocycles. The zero-order chi connectivity index (χ0) is 14.2. The minimum atomic E-state index is -2.92. The number of hydrogen-bond donors (Lipinski definition) is 2. The molecule has 0 aliphatic rings. The maximum atomic E-state index is 11.2. The summed E-state index contributed by atoms with van der Waals surface area (Å²) in [7, 11) is -2.92. The average Bonchev–Trinajstić information content (AvgIpc) is 2.24. The molecule has 0 saturated carbocycles. The van der Waals surface area contributed by atoms with Gasteiger partial charge in [0.2, 0.25) is 0 Å². The van der Waals surface area contributed by atoms with Gasteiger partial charge in [-0.1, -0.05) is 6.92 Å². The molecule has 0 rings (SSSR count). The van der Waals surface area contributed by atoms with E-state index in [1.54, 1.807) is 6.92 Å². The third-order valence-electron chi connectivity index (χ3n) is 2.58. The van der Waals surface area contributed by atoms with Crippen molar-refractivity contribution in [3.63, 3.8) is 0 Å². The Balaban J connectivity index is 4.02. The molecule has 0 aliphatic heterocycles. The molecule has 0 bridgehead atoms. The van der Waals surface area contributed by atoms with Crippen molar-refractivity contribution >= 4 is 27.6 Å². The summed E-state index contributed by atoms with van der Waals surface area (Å²) in [5.74, 6) is 0.431. The lowest BCUT2D eigenvalue weighted by molar-refractivity contribution is -0.144. The highest BCUT2D eigenvalue weighted by Crippen LogP contribution is 2.15. The molecule has 0 radical (unpaired) electrons. The van der Waals surface area contributed by atoms with Crippen LogP contribution in [0.3, 0.4) is 0 Å². The SMILES string of the molecule is CCCNC(C)(CCSCCS(C)(=O)=O)C(=O)O. The number of thioether (sulfide) groups is 1. The first kappa shape index (κ1) is 17.7. The van der Waals surface area contributed by atoms with Crippen molar-refractivity contribution in [2.45, 2.75) is 32.2 Å². The van der Waals surface area contributed by atoms with Gasteiger partial charge in [0.05, 0.1) is 5.75 Å². The molecule has 0 aromatic rings. The van der Waals surface area contributed by atoms with Crippen LogP contribution in [0.15, 0.2) is 0 Å². The van der Waals surface area contributed by atoms with Crippen molar-refractivity contribution in [3.8, 4) is 0 Å². The molecule has 0 aromatic heterocycles. The third kappa shape index (κ3) is 7.94. The highest BCUT2D eigenvalue weighted by atomic mass is 32.2. The number of carboxylic acids is 1. The van der Waals surface area contributed by atoms with Crippen molar-refractivity contribution in [2.75, 3.05) is 30.1 Å². The fourth-order valence-electron chi connectivity index (χ4n) is 1.26. The van der Waals surface area contributed by atoms with Gasteiger partial charge < -0.3 is 10.4 Å². The first-order chi connectivity index (χ1) is 8.21. The van der Waals surface area contributed by atoms with E-state index in [4.69, 9.17) is 0 Å². The highest BCUT2D eigenvalue weighted by Gasteiger charge is 2.31. The first-order valence-electron chi connectivity index (χ1n) is 5.95. The molecule has 2 N–H and O–H groups in total. The second kappa shape index (κ2) is 8.01. The van der Waals surface area contributed by atoms with Crippen molar-refractivity contribution < 1.29 is 18.3 Å². The predicted octanol–water partition coefficient (Wildman–Crippen LogP) is 0.997. The maximum absolute atomic E-state index is 11.2. The van der Waals surface area contributed by atoms with Crippen LogP contribution in [-0.2, 0) is 14.6 Å².